The highest BCUT2D eigenvalue weighted by atomic mass is 16.7. The molecule has 1 N–H and O–H groups in total. The molecule has 0 aromatic heterocycles. The summed E-state index contributed by atoms with van der Waals surface area (Å²) < 4.78 is 10.7. The lowest BCUT2D eigenvalue weighted by Crippen LogP contribution is -2.45. The van der Waals surface area contributed by atoms with Crippen LogP contribution in [-0.2, 0) is 17.8 Å². The number of benzene rings is 2. The van der Waals surface area contributed by atoms with Gasteiger partial charge in [0.05, 0.1) is 18.2 Å². The van der Waals surface area contributed by atoms with Crippen LogP contribution in [0.1, 0.15) is 23.6 Å². The van der Waals surface area contributed by atoms with Crippen LogP contribution in [0.3, 0.4) is 0 Å². The first-order chi connectivity index (χ1) is 13.0. The normalized spacial score (nSPS) is 20.5. The summed E-state index contributed by atoms with van der Waals surface area (Å²) in [7, 11) is 0. The van der Waals surface area contributed by atoms with E-state index < -0.39 is 11.6 Å². The number of imide groups is 1. The van der Waals surface area contributed by atoms with Crippen molar-refractivity contribution >= 4 is 11.9 Å². The van der Waals surface area contributed by atoms with Crippen LogP contribution in [0.2, 0.25) is 0 Å². The van der Waals surface area contributed by atoms with E-state index in [0.29, 0.717) is 29.0 Å². The van der Waals surface area contributed by atoms with Crippen molar-refractivity contribution in [1.29, 1.82) is 5.26 Å². The van der Waals surface area contributed by atoms with Gasteiger partial charge in [0.1, 0.15) is 5.54 Å². The molecule has 136 valence electrons. The van der Waals surface area contributed by atoms with Gasteiger partial charge in [-0.3, -0.25) is 9.69 Å². The first-order valence-electron chi connectivity index (χ1n) is 8.51. The van der Waals surface area contributed by atoms with Crippen LogP contribution >= 0.6 is 0 Å². The number of nitrogens with one attached hydrogen (secondary N) is 1. The van der Waals surface area contributed by atoms with Crippen molar-refractivity contribution in [3.8, 4) is 17.6 Å². The van der Waals surface area contributed by atoms with Crippen LogP contribution in [-0.4, -0.2) is 29.2 Å². The van der Waals surface area contributed by atoms with Gasteiger partial charge >= 0.3 is 6.03 Å². The Kier molecular flexibility index (Phi) is 3.96. The van der Waals surface area contributed by atoms with Crippen molar-refractivity contribution in [2.45, 2.75) is 25.4 Å². The summed E-state index contributed by atoms with van der Waals surface area (Å²) in [6.07, 6.45) is 0.324. The number of nitriles is 1. The molecule has 0 saturated carbocycles. The van der Waals surface area contributed by atoms with Crippen LogP contribution in [0.25, 0.3) is 0 Å². The average molecular weight is 363 g/mol. The quantitative estimate of drug-likeness (QED) is 0.842. The number of ether oxygens (including phenoxy) is 2. The monoisotopic (exact) mass is 363 g/mol. The predicted octanol–water partition coefficient (Wildman–Crippen LogP) is 2.34. The van der Waals surface area contributed by atoms with E-state index in [2.05, 4.69) is 11.4 Å². The fourth-order valence-electron chi connectivity index (χ4n) is 3.41. The number of amides is 3. The van der Waals surface area contributed by atoms with Gasteiger partial charge in [-0.05, 0) is 36.2 Å². The zero-order valence-corrected chi connectivity index (χ0v) is 14.7. The molecule has 0 bridgehead atoms. The zero-order valence-electron chi connectivity index (χ0n) is 14.7. The Balaban J connectivity index is 1.55. The number of nitrogens with zero attached hydrogens (tertiary/aromatic N) is 2. The molecule has 2 heterocycles. The maximum absolute atomic E-state index is 13.0. The topological polar surface area (TPSA) is 91.7 Å². The molecule has 2 aromatic rings. The largest absolute Gasteiger partial charge is 0.454 e. The summed E-state index contributed by atoms with van der Waals surface area (Å²) in [6, 6.07) is 14.0. The van der Waals surface area contributed by atoms with Crippen LogP contribution in [0.5, 0.6) is 11.5 Å². The van der Waals surface area contributed by atoms with Crippen molar-refractivity contribution < 1.29 is 19.1 Å². The molecule has 2 aliphatic heterocycles. The standard InChI is InChI=1S/C20H17N3O4/c1-20(9-13-6-7-16-17(8-13)27-12-26-16)18(24)23(19(25)22-20)11-15-5-3-2-4-14(15)10-21/h2-8H,9,11-12H2,1H3,(H,22,25)/t20-/m0/s1. The third kappa shape index (κ3) is 2.95. The fourth-order valence-corrected chi connectivity index (χ4v) is 3.41. The van der Waals surface area contributed by atoms with Gasteiger partial charge in [0.15, 0.2) is 11.5 Å². The molecule has 1 fully saturated rings. The highest BCUT2D eigenvalue weighted by Crippen LogP contribution is 2.34. The molecule has 7 heteroatoms. The predicted molar refractivity (Wildman–Crippen MR) is 94.9 cm³/mol. The third-order valence-corrected chi connectivity index (χ3v) is 4.81. The number of carbonyl (C=O) groups is 2. The van der Waals surface area contributed by atoms with Crippen molar-refractivity contribution in [3.05, 3.63) is 59.2 Å². The van der Waals surface area contributed by atoms with Gasteiger partial charge in [-0.2, -0.15) is 5.26 Å². The number of hydrogen-bond donors (Lipinski definition) is 1. The summed E-state index contributed by atoms with van der Waals surface area (Å²) in [4.78, 5) is 26.6. The Bertz CT molecular complexity index is 981. The highest BCUT2D eigenvalue weighted by Gasteiger charge is 2.47. The van der Waals surface area contributed by atoms with Crippen molar-refractivity contribution in [2.75, 3.05) is 6.79 Å². The van der Waals surface area contributed by atoms with Gasteiger partial charge in [0.2, 0.25) is 6.79 Å². The Morgan fingerprint density at radius 2 is 1.96 bits per heavy atom. The molecule has 27 heavy (non-hydrogen) atoms. The molecular weight excluding hydrogens is 346 g/mol. The first kappa shape index (κ1) is 16.9. The summed E-state index contributed by atoms with van der Waals surface area (Å²) in [5.74, 6) is 0.978. The summed E-state index contributed by atoms with van der Waals surface area (Å²) in [5, 5.41) is 12.0. The molecule has 2 aromatic carbocycles. The zero-order chi connectivity index (χ0) is 19.0. The smallest absolute Gasteiger partial charge is 0.325 e. The highest BCUT2D eigenvalue weighted by molar-refractivity contribution is 6.06. The first-order valence-corrected chi connectivity index (χ1v) is 8.51. The van der Waals surface area contributed by atoms with Crippen molar-refractivity contribution in [2.24, 2.45) is 0 Å². The van der Waals surface area contributed by atoms with E-state index in [1.165, 1.54) is 0 Å². The second-order valence-corrected chi connectivity index (χ2v) is 6.79. The second-order valence-electron chi connectivity index (χ2n) is 6.79. The Morgan fingerprint density at radius 3 is 2.78 bits per heavy atom. The lowest BCUT2D eigenvalue weighted by molar-refractivity contribution is -0.131. The molecular formula is C20H17N3O4. The Hall–Kier alpha value is -3.53. The van der Waals surface area contributed by atoms with Crippen LogP contribution in [0.15, 0.2) is 42.5 Å². The van der Waals surface area contributed by atoms with Gasteiger partial charge in [0.25, 0.3) is 5.91 Å². The molecule has 7 nitrogen and oxygen atoms in total. The maximum atomic E-state index is 13.0. The average Bonchev–Trinajstić information content (AvgIpc) is 3.20. The summed E-state index contributed by atoms with van der Waals surface area (Å²) in [6.45, 7) is 1.94. The number of urea groups is 1. The number of hydrogen-bond acceptors (Lipinski definition) is 5. The van der Waals surface area contributed by atoms with E-state index >= 15 is 0 Å². The summed E-state index contributed by atoms with van der Waals surface area (Å²) >= 11 is 0. The van der Waals surface area contributed by atoms with Crippen molar-refractivity contribution in [3.63, 3.8) is 0 Å². The van der Waals surface area contributed by atoms with E-state index in [0.717, 1.165) is 10.5 Å². The lowest BCUT2D eigenvalue weighted by Gasteiger charge is -2.22. The third-order valence-electron chi connectivity index (χ3n) is 4.81. The van der Waals surface area contributed by atoms with E-state index in [1.54, 1.807) is 37.3 Å². The van der Waals surface area contributed by atoms with E-state index in [4.69, 9.17) is 9.47 Å². The molecule has 1 atom stereocenters. The minimum atomic E-state index is -1.06. The molecule has 0 spiro atoms. The van der Waals surface area contributed by atoms with Gasteiger partial charge in [-0.15, -0.1) is 0 Å². The van der Waals surface area contributed by atoms with Crippen molar-refractivity contribution in [1.82, 2.24) is 10.2 Å². The van der Waals surface area contributed by atoms with E-state index in [9.17, 15) is 14.9 Å². The SMILES string of the molecule is C[C@@]1(Cc2ccc3c(c2)OCO3)NC(=O)N(Cc2ccccc2C#N)C1=O. The Labute approximate surface area is 156 Å². The molecule has 3 amide bonds. The molecule has 1 saturated heterocycles. The van der Waals surface area contributed by atoms with Gasteiger partial charge in [0, 0.05) is 6.42 Å². The second kappa shape index (κ2) is 6.32. The van der Waals surface area contributed by atoms with Crippen LogP contribution < -0.4 is 14.8 Å². The summed E-state index contributed by atoms with van der Waals surface area (Å²) in [5.41, 5.74) is 0.875. The molecule has 0 radical (unpaired) electrons. The molecule has 4 rings (SSSR count). The van der Waals surface area contributed by atoms with Gasteiger partial charge in [-0.25, -0.2) is 4.79 Å². The van der Waals surface area contributed by atoms with Gasteiger partial charge in [-0.1, -0.05) is 24.3 Å². The number of fused-ring (bicyclic) bond motifs is 1. The van der Waals surface area contributed by atoms with E-state index in [-0.39, 0.29) is 19.2 Å². The maximum Gasteiger partial charge on any atom is 0.325 e. The Morgan fingerprint density at radius 1 is 1.19 bits per heavy atom. The molecule has 0 aliphatic carbocycles. The number of rotatable bonds is 4. The minimum Gasteiger partial charge on any atom is -0.454 e. The van der Waals surface area contributed by atoms with Crippen LogP contribution in [0.4, 0.5) is 4.79 Å². The fraction of sp³-hybridized carbons (Fsp3) is 0.250. The van der Waals surface area contributed by atoms with Crippen LogP contribution in [0, 0.1) is 11.3 Å². The lowest BCUT2D eigenvalue weighted by atomic mass is 9.92. The number of carbonyl (C=O) groups excluding carboxylic acids is 2. The minimum absolute atomic E-state index is 0.0606. The molecule has 0 unspecified atom stereocenters. The van der Waals surface area contributed by atoms with E-state index in [1.807, 2.05) is 12.1 Å². The van der Waals surface area contributed by atoms with Gasteiger partial charge < -0.3 is 14.8 Å². The molecule has 2 aliphatic rings.